The molecule has 2 rings (SSSR count). The summed E-state index contributed by atoms with van der Waals surface area (Å²) in [5.41, 5.74) is 0. The highest BCUT2D eigenvalue weighted by molar-refractivity contribution is 7.89. The first-order valence-corrected chi connectivity index (χ1v) is 8.91. The standard InChI is InChI=1S/C12H23N5O3S/c1-3-11-14-12(16-15-11)10-9-17(7-8-20-10)6-5-13-21(18,19)4-2/h10,13H,3-9H2,1-2H3,(H,14,15,16)/t10-/m1/s1. The molecule has 1 saturated heterocycles. The molecule has 0 saturated carbocycles. The summed E-state index contributed by atoms with van der Waals surface area (Å²) in [6, 6.07) is 0. The second-order valence-electron chi connectivity index (χ2n) is 4.95. The number of morpholine rings is 1. The van der Waals surface area contributed by atoms with Crippen molar-refractivity contribution in [2.24, 2.45) is 0 Å². The zero-order valence-corrected chi connectivity index (χ0v) is 13.3. The van der Waals surface area contributed by atoms with Crippen molar-refractivity contribution in [3.63, 3.8) is 0 Å². The van der Waals surface area contributed by atoms with Crippen LogP contribution in [0.4, 0.5) is 0 Å². The molecule has 1 atom stereocenters. The lowest BCUT2D eigenvalue weighted by Crippen LogP contribution is -2.43. The van der Waals surface area contributed by atoms with Crippen LogP contribution in [0.1, 0.15) is 31.6 Å². The van der Waals surface area contributed by atoms with Crippen LogP contribution in [0.15, 0.2) is 0 Å². The molecular weight excluding hydrogens is 294 g/mol. The summed E-state index contributed by atoms with van der Waals surface area (Å²) in [4.78, 5) is 6.55. The van der Waals surface area contributed by atoms with Crippen LogP contribution >= 0.6 is 0 Å². The second kappa shape index (κ2) is 7.30. The average Bonchev–Trinajstić information content (AvgIpc) is 2.96. The quantitative estimate of drug-likeness (QED) is 0.715. The van der Waals surface area contributed by atoms with E-state index in [1.807, 2.05) is 6.92 Å². The molecule has 0 radical (unpaired) electrons. The Morgan fingerprint density at radius 2 is 2.29 bits per heavy atom. The van der Waals surface area contributed by atoms with Crippen molar-refractivity contribution < 1.29 is 13.2 Å². The number of aromatic nitrogens is 3. The molecule has 0 amide bonds. The van der Waals surface area contributed by atoms with Crippen LogP contribution in [-0.4, -0.2) is 67.0 Å². The van der Waals surface area contributed by atoms with E-state index in [1.165, 1.54) is 0 Å². The molecule has 21 heavy (non-hydrogen) atoms. The second-order valence-corrected chi connectivity index (χ2v) is 7.05. The van der Waals surface area contributed by atoms with Gasteiger partial charge in [0.05, 0.1) is 12.4 Å². The van der Waals surface area contributed by atoms with Crippen molar-refractivity contribution in [3.05, 3.63) is 11.6 Å². The van der Waals surface area contributed by atoms with Gasteiger partial charge in [0.15, 0.2) is 5.82 Å². The summed E-state index contributed by atoms with van der Waals surface area (Å²) in [6.07, 6.45) is 0.653. The molecule has 0 aliphatic carbocycles. The molecule has 0 bridgehead atoms. The van der Waals surface area contributed by atoms with Crippen molar-refractivity contribution >= 4 is 10.0 Å². The first-order valence-electron chi connectivity index (χ1n) is 7.26. The molecule has 9 heteroatoms. The van der Waals surface area contributed by atoms with Crippen molar-refractivity contribution in [2.45, 2.75) is 26.4 Å². The minimum Gasteiger partial charge on any atom is -0.367 e. The largest absolute Gasteiger partial charge is 0.367 e. The maximum absolute atomic E-state index is 11.4. The van der Waals surface area contributed by atoms with Crippen LogP contribution in [0.25, 0.3) is 0 Å². The summed E-state index contributed by atoms with van der Waals surface area (Å²) in [7, 11) is -3.12. The number of aryl methyl sites for hydroxylation is 1. The van der Waals surface area contributed by atoms with E-state index < -0.39 is 10.0 Å². The van der Waals surface area contributed by atoms with E-state index in [4.69, 9.17) is 4.74 Å². The minimum absolute atomic E-state index is 0.107. The third-order valence-electron chi connectivity index (χ3n) is 3.45. The van der Waals surface area contributed by atoms with Gasteiger partial charge in [-0.25, -0.2) is 18.1 Å². The number of hydrogen-bond donors (Lipinski definition) is 2. The van der Waals surface area contributed by atoms with Crippen molar-refractivity contribution in [2.75, 3.05) is 38.5 Å². The van der Waals surface area contributed by atoms with Crippen molar-refractivity contribution in [1.29, 1.82) is 0 Å². The number of sulfonamides is 1. The van der Waals surface area contributed by atoms with Crippen molar-refractivity contribution in [1.82, 2.24) is 24.8 Å². The molecule has 0 aromatic carbocycles. The van der Waals surface area contributed by atoms with Crippen LogP contribution < -0.4 is 4.72 Å². The van der Waals surface area contributed by atoms with E-state index in [0.717, 1.165) is 18.8 Å². The third-order valence-corrected chi connectivity index (χ3v) is 4.86. The van der Waals surface area contributed by atoms with Gasteiger partial charge in [0.1, 0.15) is 11.9 Å². The molecule has 1 aromatic heterocycles. The first kappa shape index (κ1) is 16.3. The van der Waals surface area contributed by atoms with E-state index in [2.05, 4.69) is 24.8 Å². The van der Waals surface area contributed by atoms with E-state index in [0.29, 0.717) is 32.1 Å². The third kappa shape index (κ3) is 4.73. The minimum atomic E-state index is -3.12. The Labute approximate surface area is 125 Å². The van der Waals surface area contributed by atoms with Gasteiger partial charge < -0.3 is 4.74 Å². The monoisotopic (exact) mass is 317 g/mol. The number of rotatable bonds is 7. The summed E-state index contributed by atoms with van der Waals surface area (Å²) >= 11 is 0. The molecule has 0 spiro atoms. The van der Waals surface area contributed by atoms with Gasteiger partial charge in [0, 0.05) is 32.6 Å². The molecule has 0 unspecified atom stereocenters. The van der Waals surface area contributed by atoms with Gasteiger partial charge in [-0.2, -0.15) is 5.10 Å². The van der Waals surface area contributed by atoms with Crippen LogP contribution in [0.3, 0.4) is 0 Å². The summed E-state index contributed by atoms with van der Waals surface area (Å²) < 4.78 is 31.0. The summed E-state index contributed by atoms with van der Waals surface area (Å²) in [6.45, 7) is 6.77. The predicted octanol–water partition coefficient (Wildman–Crippen LogP) is -0.320. The molecule has 1 aliphatic rings. The van der Waals surface area contributed by atoms with Crippen LogP contribution in [0.5, 0.6) is 0 Å². The Kier molecular flexibility index (Phi) is 5.68. The number of nitrogens with zero attached hydrogens (tertiary/aromatic N) is 3. The normalized spacial score (nSPS) is 20.8. The zero-order chi connectivity index (χ0) is 15.3. The topological polar surface area (TPSA) is 100 Å². The zero-order valence-electron chi connectivity index (χ0n) is 12.5. The van der Waals surface area contributed by atoms with Gasteiger partial charge in [0.2, 0.25) is 10.0 Å². The fourth-order valence-electron chi connectivity index (χ4n) is 2.14. The fourth-order valence-corrected chi connectivity index (χ4v) is 2.74. The van der Waals surface area contributed by atoms with Gasteiger partial charge in [-0.15, -0.1) is 0 Å². The summed E-state index contributed by atoms with van der Waals surface area (Å²) in [5, 5.41) is 7.07. The SMILES string of the molecule is CCc1nc([C@H]2CN(CCNS(=O)(=O)CC)CCO2)n[nH]1. The maximum atomic E-state index is 11.4. The molecule has 120 valence electrons. The first-order chi connectivity index (χ1) is 10.0. The number of nitrogens with one attached hydrogen (secondary N) is 2. The van der Waals surface area contributed by atoms with Crippen LogP contribution in [0.2, 0.25) is 0 Å². The van der Waals surface area contributed by atoms with Gasteiger partial charge in [0.25, 0.3) is 0 Å². The Morgan fingerprint density at radius 3 is 2.95 bits per heavy atom. The lowest BCUT2D eigenvalue weighted by molar-refractivity contribution is -0.0333. The van der Waals surface area contributed by atoms with Gasteiger partial charge in [-0.1, -0.05) is 6.92 Å². The fraction of sp³-hybridized carbons (Fsp3) is 0.833. The van der Waals surface area contributed by atoms with Gasteiger partial charge >= 0.3 is 0 Å². The summed E-state index contributed by atoms with van der Waals surface area (Å²) in [5.74, 6) is 1.63. The highest BCUT2D eigenvalue weighted by Crippen LogP contribution is 2.18. The van der Waals surface area contributed by atoms with E-state index in [1.54, 1.807) is 6.92 Å². The maximum Gasteiger partial charge on any atom is 0.211 e. The number of hydrogen-bond acceptors (Lipinski definition) is 6. The number of ether oxygens (including phenoxy) is 1. The molecule has 2 heterocycles. The molecule has 1 aliphatic heterocycles. The molecular formula is C12H23N5O3S. The van der Waals surface area contributed by atoms with E-state index in [-0.39, 0.29) is 11.9 Å². The number of aromatic amines is 1. The smallest absolute Gasteiger partial charge is 0.211 e. The lowest BCUT2D eigenvalue weighted by Gasteiger charge is -2.31. The Hall–Kier alpha value is -1.03. The molecule has 1 fully saturated rings. The highest BCUT2D eigenvalue weighted by atomic mass is 32.2. The van der Waals surface area contributed by atoms with Crippen LogP contribution in [0, 0.1) is 0 Å². The van der Waals surface area contributed by atoms with E-state index in [9.17, 15) is 8.42 Å². The van der Waals surface area contributed by atoms with Crippen LogP contribution in [-0.2, 0) is 21.2 Å². The average molecular weight is 317 g/mol. The van der Waals surface area contributed by atoms with E-state index >= 15 is 0 Å². The molecule has 8 nitrogen and oxygen atoms in total. The number of H-pyrrole nitrogens is 1. The Morgan fingerprint density at radius 1 is 1.48 bits per heavy atom. The van der Waals surface area contributed by atoms with Gasteiger partial charge in [-0.3, -0.25) is 10.00 Å². The highest BCUT2D eigenvalue weighted by Gasteiger charge is 2.25. The Bertz CT molecular complexity index is 545. The molecule has 1 aromatic rings. The predicted molar refractivity (Wildman–Crippen MR) is 78.4 cm³/mol. The molecule has 2 N–H and O–H groups in total. The van der Waals surface area contributed by atoms with Crippen molar-refractivity contribution in [3.8, 4) is 0 Å². The Balaban J connectivity index is 1.83. The van der Waals surface area contributed by atoms with Gasteiger partial charge in [-0.05, 0) is 6.92 Å². The lowest BCUT2D eigenvalue weighted by atomic mass is 10.2.